The normalized spacial score (nSPS) is 14.6. The molecule has 0 spiro atoms. The minimum absolute atomic E-state index is 0.298. The molecule has 0 heterocycles. The highest BCUT2D eigenvalue weighted by Gasteiger charge is 2.13. The highest BCUT2D eigenvalue weighted by atomic mass is 16.3. The van der Waals surface area contributed by atoms with Gasteiger partial charge < -0.3 is 10.2 Å². The molecule has 118 valence electrons. The Kier molecular flexibility index (Phi) is 4.24. The molecule has 0 amide bonds. The number of rotatable bonds is 3. The maximum absolute atomic E-state index is 9.97. The first-order chi connectivity index (χ1) is 11.0. The van der Waals surface area contributed by atoms with Crippen molar-refractivity contribution in [3.8, 4) is 11.5 Å². The van der Waals surface area contributed by atoms with Crippen molar-refractivity contribution in [1.29, 1.82) is 0 Å². The van der Waals surface area contributed by atoms with Crippen molar-refractivity contribution in [2.75, 3.05) is 0 Å². The molecule has 0 aliphatic heterocycles. The predicted molar refractivity (Wildman–Crippen MR) is 95.5 cm³/mol. The third kappa shape index (κ3) is 3.31. The second-order valence-corrected chi connectivity index (χ2v) is 6.36. The van der Waals surface area contributed by atoms with E-state index in [9.17, 15) is 10.2 Å². The predicted octanol–water partition coefficient (Wildman–Crippen LogP) is 5.48. The van der Waals surface area contributed by atoms with Crippen LogP contribution in [0.3, 0.4) is 0 Å². The standard InChI is InChI=1S/C21H22O2/c1-14(2)20-13-18(9-12-21(20)23)17-5-3-15(4-6-17)16-7-10-19(22)11-8-16/h3,5,7-14,22-23H,4,6H2,1-2H3. The lowest BCUT2D eigenvalue weighted by atomic mass is 9.88. The molecule has 0 radical (unpaired) electrons. The van der Waals surface area contributed by atoms with Crippen LogP contribution < -0.4 is 0 Å². The molecule has 0 unspecified atom stereocenters. The van der Waals surface area contributed by atoms with Crippen LogP contribution >= 0.6 is 0 Å². The zero-order valence-electron chi connectivity index (χ0n) is 13.6. The summed E-state index contributed by atoms with van der Waals surface area (Å²) in [6.45, 7) is 4.19. The second-order valence-electron chi connectivity index (χ2n) is 6.36. The fourth-order valence-electron chi connectivity index (χ4n) is 3.01. The number of aromatic hydroxyl groups is 2. The van der Waals surface area contributed by atoms with Crippen molar-refractivity contribution >= 4 is 11.1 Å². The van der Waals surface area contributed by atoms with Crippen LogP contribution in [0.15, 0.2) is 54.6 Å². The van der Waals surface area contributed by atoms with Crippen LogP contribution in [0.1, 0.15) is 49.3 Å². The van der Waals surface area contributed by atoms with Gasteiger partial charge >= 0.3 is 0 Å². The van der Waals surface area contributed by atoms with Gasteiger partial charge in [-0.25, -0.2) is 0 Å². The highest BCUT2D eigenvalue weighted by molar-refractivity contribution is 5.78. The molecular weight excluding hydrogens is 284 g/mol. The van der Waals surface area contributed by atoms with E-state index in [0.717, 1.165) is 24.0 Å². The second kappa shape index (κ2) is 6.33. The van der Waals surface area contributed by atoms with Gasteiger partial charge in [-0.05, 0) is 70.9 Å². The van der Waals surface area contributed by atoms with Crippen LogP contribution in [0.5, 0.6) is 11.5 Å². The summed E-state index contributed by atoms with van der Waals surface area (Å²) in [7, 11) is 0. The van der Waals surface area contributed by atoms with E-state index in [-0.39, 0.29) is 0 Å². The van der Waals surface area contributed by atoms with E-state index in [0.29, 0.717) is 17.4 Å². The van der Waals surface area contributed by atoms with Gasteiger partial charge in [0.2, 0.25) is 0 Å². The van der Waals surface area contributed by atoms with Crippen LogP contribution in [0, 0.1) is 0 Å². The topological polar surface area (TPSA) is 40.5 Å². The molecule has 3 rings (SSSR count). The number of hydrogen-bond donors (Lipinski definition) is 2. The molecule has 2 heteroatoms. The summed E-state index contributed by atoms with van der Waals surface area (Å²) in [5, 5.41) is 19.4. The quantitative estimate of drug-likeness (QED) is 0.788. The van der Waals surface area contributed by atoms with Gasteiger partial charge in [-0.1, -0.05) is 44.2 Å². The molecule has 0 bridgehead atoms. The minimum Gasteiger partial charge on any atom is -0.508 e. The van der Waals surface area contributed by atoms with Gasteiger partial charge in [0.05, 0.1) is 0 Å². The van der Waals surface area contributed by atoms with Gasteiger partial charge in [-0.15, -0.1) is 0 Å². The third-order valence-electron chi connectivity index (χ3n) is 4.41. The number of hydrogen-bond acceptors (Lipinski definition) is 2. The largest absolute Gasteiger partial charge is 0.508 e. The van der Waals surface area contributed by atoms with E-state index in [4.69, 9.17) is 0 Å². The maximum atomic E-state index is 9.97. The van der Waals surface area contributed by atoms with E-state index in [2.05, 4.69) is 32.1 Å². The van der Waals surface area contributed by atoms with E-state index in [1.165, 1.54) is 16.7 Å². The Bertz CT molecular complexity index is 765. The lowest BCUT2D eigenvalue weighted by molar-refractivity contribution is 0.465. The van der Waals surface area contributed by atoms with E-state index in [1.54, 1.807) is 18.2 Å². The van der Waals surface area contributed by atoms with Gasteiger partial charge in [-0.3, -0.25) is 0 Å². The van der Waals surface area contributed by atoms with Crippen molar-refractivity contribution in [2.24, 2.45) is 0 Å². The fourth-order valence-corrected chi connectivity index (χ4v) is 3.01. The van der Waals surface area contributed by atoms with Crippen molar-refractivity contribution in [2.45, 2.75) is 32.6 Å². The van der Waals surface area contributed by atoms with Gasteiger partial charge in [-0.2, -0.15) is 0 Å². The highest BCUT2D eigenvalue weighted by Crippen LogP contribution is 2.35. The van der Waals surface area contributed by atoms with Crippen LogP contribution in [0.25, 0.3) is 11.1 Å². The number of allylic oxidation sites excluding steroid dienone is 4. The summed E-state index contributed by atoms with van der Waals surface area (Å²) in [5.41, 5.74) is 5.93. The van der Waals surface area contributed by atoms with Crippen molar-refractivity contribution < 1.29 is 10.2 Å². The average molecular weight is 306 g/mol. The summed E-state index contributed by atoms with van der Waals surface area (Å²) in [5.74, 6) is 0.981. The Morgan fingerprint density at radius 3 is 1.91 bits per heavy atom. The van der Waals surface area contributed by atoms with E-state index in [1.807, 2.05) is 18.2 Å². The van der Waals surface area contributed by atoms with E-state index >= 15 is 0 Å². The molecule has 0 saturated heterocycles. The smallest absolute Gasteiger partial charge is 0.119 e. The number of benzene rings is 2. The zero-order chi connectivity index (χ0) is 16.4. The Hall–Kier alpha value is -2.48. The fraction of sp³-hybridized carbons (Fsp3) is 0.238. The van der Waals surface area contributed by atoms with Crippen LogP contribution in [-0.2, 0) is 0 Å². The van der Waals surface area contributed by atoms with Crippen LogP contribution in [0.4, 0.5) is 0 Å². The lowest BCUT2D eigenvalue weighted by Crippen LogP contribution is -1.96. The first kappa shape index (κ1) is 15.4. The summed E-state index contributed by atoms with van der Waals surface area (Å²) >= 11 is 0. The monoisotopic (exact) mass is 306 g/mol. The van der Waals surface area contributed by atoms with Gasteiger partial charge in [0, 0.05) is 0 Å². The molecule has 2 aromatic rings. The Morgan fingerprint density at radius 2 is 1.35 bits per heavy atom. The number of phenolic OH excluding ortho intramolecular Hbond substituents is 2. The first-order valence-electron chi connectivity index (χ1n) is 8.07. The third-order valence-corrected chi connectivity index (χ3v) is 4.41. The van der Waals surface area contributed by atoms with Crippen LogP contribution in [0.2, 0.25) is 0 Å². The van der Waals surface area contributed by atoms with Gasteiger partial charge in [0.1, 0.15) is 11.5 Å². The lowest BCUT2D eigenvalue weighted by Gasteiger charge is -2.17. The van der Waals surface area contributed by atoms with Crippen LogP contribution in [-0.4, -0.2) is 10.2 Å². The Balaban J connectivity index is 1.88. The SMILES string of the molecule is CC(C)c1cc(C2=CC=C(c3ccc(O)cc3)CC2)ccc1O. The average Bonchev–Trinajstić information content (AvgIpc) is 2.56. The molecule has 2 aromatic carbocycles. The van der Waals surface area contributed by atoms with Gasteiger partial charge in [0.15, 0.2) is 0 Å². The number of phenols is 2. The zero-order valence-corrected chi connectivity index (χ0v) is 13.6. The Labute approximate surface area is 137 Å². The molecule has 1 aliphatic rings. The van der Waals surface area contributed by atoms with Gasteiger partial charge in [0.25, 0.3) is 0 Å². The van der Waals surface area contributed by atoms with Crippen molar-refractivity contribution in [1.82, 2.24) is 0 Å². The molecule has 0 saturated carbocycles. The molecule has 0 fully saturated rings. The summed E-state index contributed by atoms with van der Waals surface area (Å²) in [6.07, 6.45) is 6.29. The molecule has 0 aromatic heterocycles. The summed E-state index contributed by atoms with van der Waals surface area (Å²) in [4.78, 5) is 0. The summed E-state index contributed by atoms with van der Waals surface area (Å²) < 4.78 is 0. The molecule has 0 atom stereocenters. The Morgan fingerprint density at radius 1 is 0.783 bits per heavy atom. The van der Waals surface area contributed by atoms with Crippen molar-refractivity contribution in [3.63, 3.8) is 0 Å². The molecular formula is C21H22O2. The molecule has 23 heavy (non-hydrogen) atoms. The molecule has 2 nitrogen and oxygen atoms in total. The summed E-state index contributed by atoms with van der Waals surface area (Å²) in [6, 6.07) is 13.3. The van der Waals surface area contributed by atoms with E-state index < -0.39 is 0 Å². The minimum atomic E-state index is 0.298. The maximum Gasteiger partial charge on any atom is 0.119 e. The molecule has 2 N–H and O–H groups in total. The van der Waals surface area contributed by atoms with Crippen molar-refractivity contribution in [3.05, 3.63) is 71.3 Å². The first-order valence-corrected chi connectivity index (χ1v) is 8.07. The molecule has 1 aliphatic carbocycles.